The zero-order chi connectivity index (χ0) is 21.8. The number of benzene rings is 2. The highest BCUT2D eigenvalue weighted by Gasteiger charge is 2.30. The van der Waals surface area contributed by atoms with Crippen molar-refractivity contribution in [3.8, 4) is 11.5 Å². The molecule has 1 amide bonds. The molecule has 31 heavy (non-hydrogen) atoms. The molecule has 2 aromatic carbocycles. The summed E-state index contributed by atoms with van der Waals surface area (Å²) >= 11 is 0. The molecule has 1 atom stereocenters. The van der Waals surface area contributed by atoms with Gasteiger partial charge < -0.3 is 20.1 Å². The number of fused-ring (bicyclic) bond motifs is 1. The third-order valence-electron chi connectivity index (χ3n) is 5.01. The molecule has 1 aromatic heterocycles. The molecule has 1 aliphatic rings. The van der Waals surface area contributed by atoms with Crippen LogP contribution < -0.4 is 20.1 Å². The van der Waals surface area contributed by atoms with Crippen LogP contribution >= 0.6 is 0 Å². The second kappa shape index (κ2) is 8.74. The SMILES string of the molecule is COc1ccc(OC)c(NC(=O)C2=C(C)Nc3ncnn3[C@H]2/C=C/c2ccccc2)c1. The van der Waals surface area contributed by atoms with E-state index in [-0.39, 0.29) is 5.91 Å². The lowest BCUT2D eigenvalue weighted by Gasteiger charge is -2.26. The van der Waals surface area contributed by atoms with Crippen LogP contribution in [0.4, 0.5) is 11.6 Å². The Morgan fingerprint density at radius 2 is 1.97 bits per heavy atom. The quantitative estimate of drug-likeness (QED) is 0.632. The molecule has 158 valence electrons. The molecule has 0 saturated carbocycles. The lowest BCUT2D eigenvalue weighted by Crippen LogP contribution is -2.30. The molecular formula is C23H23N5O3. The average molecular weight is 417 g/mol. The number of hydrogen-bond donors (Lipinski definition) is 2. The molecule has 2 N–H and O–H groups in total. The Balaban J connectivity index is 1.69. The number of methoxy groups -OCH3 is 2. The fraction of sp³-hybridized carbons (Fsp3) is 0.174. The van der Waals surface area contributed by atoms with E-state index in [1.165, 1.54) is 6.33 Å². The summed E-state index contributed by atoms with van der Waals surface area (Å²) < 4.78 is 12.4. The lowest BCUT2D eigenvalue weighted by atomic mass is 10.0. The van der Waals surface area contributed by atoms with E-state index >= 15 is 0 Å². The maximum absolute atomic E-state index is 13.4. The minimum atomic E-state index is -0.435. The molecule has 8 nitrogen and oxygen atoms in total. The van der Waals surface area contributed by atoms with Gasteiger partial charge in [-0.3, -0.25) is 4.79 Å². The molecule has 0 aliphatic carbocycles. The monoisotopic (exact) mass is 417 g/mol. The molecule has 3 aromatic rings. The van der Waals surface area contributed by atoms with E-state index in [1.807, 2.05) is 49.4 Å². The smallest absolute Gasteiger partial charge is 0.255 e. The number of ether oxygens (including phenoxy) is 2. The van der Waals surface area contributed by atoms with Crippen molar-refractivity contribution in [2.45, 2.75) is 13.0 Å². The fourth-order valence-corrected chi connectivity index (χ4v) is 3.47. The van der Waals surface area contributed by atoms with Crippen molar-refractivity contribution >= 4 is 23.6 Å². The van der Waals surface area contributed by atoms with Gasteiger partial charge >= 0.3 is 0 Å². The van der Waals surface area contributed by atoms with E-state index < -0.39 is 6.04 Å². The van der Waals surface area contributed by atoms with E-state index in [9.17, 15) is 4.79 Å². The summed E-state index contributed by atoms with van der Waals surface area (Å²) in [4.78, 5) is 17.6. The van der Waals surface area contributed by atoms with Gasteiger partial charge in [0.2, 0.25) is 5.95 Å². The number of anilines is 2. The summed E-state index contributed by atoms with van der Waals surface area (Å²) in [5.41, 5.74) is 2.76. The molecule has 0 radical (unpaired) electrons. The second-order valence-corrected chi connectivity index (χ2v) is 6.93. The van der Waals surface area contributed by atoms with E-state index in [2.05, 4.69) is 20.7 Å². The maximum atomic E-state index is 13.4. The van der Waals surface area contributed by atoms with E-state index in [1.54, 1.807) is 37.1 Å². The van der Waals surface area contributed by atoms with Crippen molar-refractivity contribution in [1.82, 2.24) is 14.8 Å². The van der Waals surface area contributed by atoms with Crippen molar-refractivity contribution in [2.24, 2.45) is 0 Å². The Morgan fingerprint density at radius 1 is 1.16 bits per heavy atom. The number of allylic oxidation sites excluding steroid dienone is 2. The van der Waals surface area contributed by atoms with Crippen LogP contribution in [0.1, 0.15) is 18.5 Å². The summed E-state index contributed by atoms with van der Waals surface area (Å²) in [5.74, 6) is 1.45. The largest absolute Gasteiger partial charge is 0.497 e. The van der Waals surface area contributed by atoms with Crippen LogP contribution in [0.2, 0.25) is 0 Å². The molecule has 0 unspecified atom stereocenters. The van der Waals surface area contributed by atoms with Gasteiger partial charge in [0.1, 0.15) is 23.9 Å². The number of carbonyl (C=O) groups is 1. The standard InChI is InChI=1S/C23H23N5O3/c1-15-21(22(29)27-18-13-17(30-2)10-12-20(18)31-3)19(28-23(26-15)24-14-25-28)11-9-16-7-5-4-6-8-16/h4-14,19H,1-3H3,(H,27,29)(H,24,25,26)/b11-9+/t19-/m0/s1. The number of nitrogens with one attached hydrogen (secondary N) is 2. The number of nitrogens with zero attached hydrogens (tertiary/aromatic N) is 3. The van der Waals surface area contributed by atoms with Crippen LogP contribution in [0.5, 0.6) is 11.5 Å². The third-order valence-corrected chi connectivity index (χ3v) is 5.01. The molecular weight excluding hydrogens is 394 g/mol. The fourth-order valence-electron chi connectivity index (χ4n) is 3.47. The molecule has 2 heterocycles. The van der Waals surface area contributed by atoms with Gasteiger partial charge in [-0.25, -0.2) is 4.68 Å². The highest BCUT2D eigenvalue weighted by Crippen LogP contribution is 2.34. The summed E-state index contributed by atoms with van der Waals surface area (Å²) in [5, 5.41) is 10.4. The normalized spacial score (nSPS) is 15.4. The number of rotatable bonds is 6. The molecule has 0 saturated heterocycles. The summed E-state index contributed by atoms with van der Waals surface area (Å²) in [7, 11) is 3.12. The third kappa shape index (κ3) is 4.13. The molecule has 0 bridgehead atoms. The number of hydrogen-bond acceptors (Lipinski definition) is 6. The predicted octanol–water partition coefficient (Wildman–Crippen LogP) is 3.89. The minimum absolute atomic E-state index is 0.277. The first-order valence-corrected chi connectivity index (χ1v) is 9.74. The van der Waals surface area contributed by atoms with Crippen LogP contribution in [-0.2, 0) is 4.79 Å². The van der Waals surface area contributed by atoms with Crippen molar-refractivity contribution in [2.75, 3.05) is 24.9 Å². The minimum Gasteiger partial charge on any atom is -0.497 e. The topological polar surface area (TPSA) is 90.3 Å². The van der Waals surface area contributed by atoms with Crippen LogP contribution in [-0.4, -0.2) is 34.9 Å². The van der Waals surface area contributed by atoms with Gasteiger partial charge in [0.25, 0.3) is 5.91 Å². The Bertz CT molecular complexity index is 1150. The van der Waals surface area contributed by atoms with Crippen LogP contribution in [0.15, 0.2) is 72.2 Å². The molecule has 8 heteroatoms. The Kier molecular flexibility index (Phi) is 5.70. The van der Waals surface area contributed by atoms with Gasteiger partial charge in [-0.2, -0.15) is 10.1 Å². The van der Waals surface area contributed by atoms with Gasteiger partial charge in [0.15, 0.2) is 0 Å². The van der Waals surface area contributed by atoms with Crippen molar-refractivity contribution in [3.63, 3.8) is 0 Å². The Morgan fingerprint density at radius 3 is 2.71 bits per heavy atom. The van der Waals surface area contributed by atoms with Crippen molar-refractivity contribution in [1.29, 1.82) is 0 Å². The first-order valence-electron chi connectivity index (χ1n) is 9.74. The van der Waals surface area contributed by atoms with Gasteiger partial charge in [-0.15, -0.1) is 0 Å². The van der Waals surface area contributed by atoms with Crippen LogP contribution in [0.25, 0.3) is 6.08 Å². The molecule has 0 spiro atoms. The van der Waals surface area contributed by atoms with E-state index in [0.717, 1.165) is 5.56 Å². The summed E-state index contributed by atoms with van der Waals surface area (Å²) in [6, 6.07) is 14.7. The first-order chi connectivity index (χ1) is 15.1. The van der Waals surface area contributed by atoms with Gasteiger partial charge in [-0.05, 0) is 24.6 Å². The van der Waals surface area contributed by atoms with Crippen LogP contribution in [0.3, 0.4) is 0 Å². The summed E-state index contributed by atoms with van der Waals surface area (Å²) in [6.45, 7) is 1.85. The van der Waals surface area contributed by atoms with Gasteiger partial charge in [0, 0.05) is 11.8 Å². The van der Waals surface area contributed by atoms with Crippen LogP contribution in [0, 0.1) is 0 Å². The number of aromatic nitrogens is 3. The van der Waals surface area contributed by atoms with Gasteiger partial charge in [-0.1, -0.05) is 42.5 Å². The Hall–Kier alpha value is -4.07. The highest BCUT2D eigenvalue weighted by atomic mass is 16.5. The number of carbonyl (C=O) groups excluding carboxylic acids is 1. The zero-order valence-corrected chi connectivity index (χ0v) is 17.5. The summed E-state index contributed by atoms with van der Waals surface area (Å²) in [6.07, 6.45) is 5.37. The van der Waals surface area contributed by atoms with Gasteiger partial charge in [0.05, 0.1) is 25.5 Å². The average Bonchev–Trinajstić information content (AvgIpc) is 3.25. The lowest BCUT2D eigenvalue weighted by molar-refractivity contribution is -0.113. The number of amides is 1. The molecule has 0 fully saturated rings. The van der Waals surface area contributed by atoms with E-state index in [4.69, 9.17) is 9.47 Å². The van der Waals surface area contributed by atoms with Crippen molar-refractivity contribution in [3.05, 3.63) is 77.8 Å². The van der Waals surface area contributed by atoms with E-state index in [0.29, 0.717) is 34.4 Å². The predicted molar refractivity (Wildman–Crippen MR) is 119 cm³/mol. The first kappa shape index (κ1) is 20.2. The zero-order valence-electron chi connectivity index (χ0n) is 17.5. The Labute approximate surface area is 180 Å². The molecule has 1 aliphatic heterocycles. The molecule has 4 rings (SSSR count). The second-order valence-electron chi connectivity index (χ2n) is 6.93. The maximum Gasteiger partial charge on any atom is 0.255 e. The highest BCUT2D eigenvalue weighted by molar-refractivity contribution is 6.06. The van der Waals surface area contributed by atoms with Crippen molar-refractivity contribution < 1.29 is 14.3 Å².